The van der Waals surface area contributed by atoms with E-state index in [1.165, 1.54) is 6.07 Å². The minimum absolute atomic E-state index is 0.172. The summed E-state index contributed by atoms with van der Waals surface area (Å²) in [6, 6.07) is 14.9. The molecule has 0 fully saturated rings. The molecule has 174 valence electrons. The molecule has 0 saturated carbocycles. The van der Waals surface area contributed by atoms with Crippen molar-refractivity contribution in [2.75, 3.05) is 0 Å². The zero-order chi connectivity index (χ0) is 24.6. The van der Waals surface area contributed by atoms with Gasteiger partial charge in [0.15, 0.2) is 17.5 Å². The van der Waals surface area contributed by atoms with Crippen LogP contribution in [0.2, 0.25) is 0 Å². The number of aromatic nitrogens is 3. The maximum absolute atomic E-state index is 10.7. The summed E-state index contributed by atoms with van der Waals surface area (Å²) < 4.78 is 0. The third-order valence-corrected chi connectivity index (χ3v) is 6.01. The minimum atomic E-state index is -0.876. The first kappa shape index (κ1) is 23.4. The number of nitrogens with zero attached hydrogens (tertiary/aromatic N) is 3. The molecule has 0 bridgehead atoms. The van der Waals surface area contributed by atoms with Gasteiger partial charge >= 0.3 is 0 Å². The quantitative estimate of drug-likeness (QED) is 0.343. The second-order valence-corrected chi connectivity index (χ2v) is 8.80. The fraction of sp³-hybridized carbons (Fsp3) is 0.250. The van der Waals surface area contributed by atoms with Crippen molar-refractivity contribution in [3.63, 3.8) is 0 Å². The van der Waals surface area contributed by atoms with Crippen LogP contribution >= 0.6 is 0 Å². The maximum atomic E-state index is 10.7. The van der Waals surface area contributed by atoms with Gasteiger partial charge in [-0.1, -0.05) is 54.4 Å². The smallest absolute Gasteiger partial charge is 0.167 e. The molecule has 1 aromatic heterocycles. The number of aromatic hydroxyl groups is 2. The van der Waals surface area contributed by atoms with Gasteiger partial charge in [0, 0.05) is 22.8 Å². The number of aliphatic hydroxyl groups is 1. The lowest BCUT2D eigenvalue weighted by Gasteiger charge is -2.15. The molecule has 3 N–H and O–H groups in total. The molecule has 6 heteroatoms. The van der Waals surface area contributed by atoms with Gasteiger partial charge < -0.3 is 15.3 Å². The Hall–Kier alpha value is -3.77. The molecular weight excluding hydrogens is 426 g/mol. The molecule has 1 atom stereocenters. The largest absolute Gasteiger partial charge is 0.507 e. The average molecular weight is 456 g/mol. The van der Waals surface area contributed by atoms with Gasteiger partial charge in [0.1, 0.15) is 11.5 Å². The standard InChI is InChI=1S/C28H29N3O3/c1-6-23(32)21-13-22(25(34)14-24(21)33)28-30-26(19-9-7-15(2)11-17(19)4)29-27(31-28)20-10-8-16(3)12-18(20)5/h7-14,23,32-34H,6H2,1-5H3. The average Bonchev–Trinajstić information content (AvgIpc) is 2.78. The van der Waals surface area contributed by atoms with E-state index < -0.39 is 6.10 Å². The Bertz CT molecular complexity index is 1310. The van der Waals surface area contributed by atoms with E-state index in [2.05, 4.69) is 12.1 Å². The fourth-order valence-electron chi connectivity index (χ4n) is 4.13. The van der Waals surface area contributed by atoms with Crippen LogP contribution in [0.1, 0.15) is 47.3 Å². The Labute approximate surface area is 199 Å². The fourth-order valence-corrected chi connectivity index (χ4v) is 4.13. The van der Waals surface area contributed by atoms with Gasteiger partial charge in [0.2, 0.25) is 0 Å². The van der Waals surface area contributed by atoms with Crippen LogP contribution in [0.4, 0.5) is 0 Å². The van der Waals surface area contributed by atoms with E-state index in [9.17, 15) is 15.3 Å². The Morgan fingerprint density at radius 3 is 1.56 bits per heavy atom. The highest BCUT2D eigenvalue weighted by molar-refractivity contribution is 5.73. The molecule has 0 amide bonds. The molecular formula is C28H29N3O3. The number of benzene rings is 3. The van der Waals surface area contributed by atoms with Crippen LogP contribution in [-0.2, 0) is 0 Å². The van der Waals surface area contributed by atoms with Gasteiger partial charge in [-0.05, 0) is 51.3 Å². The van der Waals surface area contributed by atoms with Crippen LogP contribution in [0.25, 0.3) is 34.2 Å². The first-order valence-electron chi connectivity index (χ1n) is 11.3. The summed E-state index contributed by atoms with van der Waals surface area (Å²) >= 11 is 0. The second-order valence-electron chi connectivity index (χ2n) is 8.80. The predicted octanol–water partition coefficient (Wildman–Crippen LogP) is 5.96. The molecule has 0 aliphatic carbocycles. The predicted molar refractivity (Wildman–Crippen MR) is 134 cm³/mol. The second kappa shape index (κ2) is 9.23. The summed E-state index contributed by atoms with van der Waals surface area (Å²) in [5, 5.41) is 31.3. The first-order chi connectivity index (χ1) is 16.2. The minimum Gasteiger partial charge on any atom is -0.507 e. The van der Waals surface area contributed by atoms with E-state index in [1.54, 1.807) is 6.07 Å². The maximum Gasteiger partial charge on any atom is 0.167 e. The molecule has 0 aliphatic heterocycles. The molecule has 3 aromatic carbocycles. The van der Waals surface area contributed by atoms with Crippen molar-refractivity contribution in [1.29, 1.82) is 0 Å². The number of hydrogen-bond acceptors (Lipinski definition) is 6. The number of phenolic OH excluding ortho intramolecular Hbond substituents is 2. The van der Waals surface area contributed by atoms with Gasteiger partial charge in [-0.25, -0.2) is 15.0 Å². The van der Waals surface area contributed by atoms with Crippen LogP contribution < -0.4 is 0 Å². The Kier molecular flexibility index (Phi) is 6.35. The van der Waals surface area contributed by atoms with Crippen LogP contribution in [0.3, 0.4) is 0 Å². The molecule has 0 saturated heterocycles. The molecule has 1 unspecified atom stereocenters. The van der Waals surface area contributed by atoms with Crippen molar-refractivity contribution >= 4 is 0 Å². The van der Waals surface area contributed by atoms with Crippen molar-refractivity contribution in [2.24, 2.45) is 0 Å². The highest BCUT2D eigenvalue weighted by Crippen LogP contribution is 2.38. The molecule has 0 radical (unpaired) electrons. The van der Waals surface area contributed by atoms with Crippen molar-refractivity contribution in [2.45, 2.75) is 47.1 Å². The summed E-state index contributed by atoms with van der Waals surface area (Å²) in [6.07, 6.45) is -0.463. The zero-order valence-corrected chi connectivity index (χ0v) is 20.1. The van der Waals surface area contributed by atoms with Gasteiger partial charge in [0.05, 0.1) is 11.7 Å². The molecule has 0 aliphatic rings. The Balaban J connectivity index is 2.00. The number of rotatable bonds is 5. The van der Waals surface area contributed by atoms with Gasteiger partial charge in [-0.3, -0.25) is 0 Å². The van der Waals surface area contributed by atoms with E-state index in [-0.39, 0.29) is 17.3 Å². The van der Waals surface area contributed by atoms with Crippen molar-refractivity contribution < 1.29 is 15.3 Å². The van der Waals surface area contributed by atoms with E-state index in [4.69, 9.17) is 15.0 Å². The summed E-state index contributed by atoms with van der Waals surface area (Å²) in [6.45, 7) is 9.90. The van der Waals surface area contributed by atoms with Crippen LogP contribution in [0.15, 0.2) is 48.5 Å². The first-order valence-corrected chi connectivity index (χ1v) is 11.3. The molecule has 4 rings (SSSR count). The summed E-state index contributed by atoms with van der Waals surface area (Å²) in [7, 11) is 0. The topological polar surface area (TPSA) is 99.4 Å². The van der Waals surface area contributed by atoms with E-state index in [1.807, 2.05) is 58.9 Å². The van der Waals surface area contributed by atoms with Crippen LogP contribution in [0, 0.1) is 27.7 Å². The highest BCUT2D eigenvalue weighted by Gasteiger charge is 2.20. The van der Waals surface area contributed by atoms with Crippen LogP contribution in [-0.4, -0.2) is 30.3 Å². The van der Waals surface area contributed by atoms with Crippen molar-refractivity contribution in [3.8, 4) is 45.7 Å². The van der Waals surface area contributed by atoms with Crippen LogP contribution in [0.5, 0.6) is 11.5 Å². The Morgan fingerprint density at radius 2 is 1.12 bits per heavy atom. The highest BCUT2D eigenvalue weighted by atomic mass is 16.3. The molecule has 1 heterocycles. The monoisotopic (exact) mass is 455 g/mol. The number of aryl methyl sites for hydroxylation is 4. The van der Waals surface area contributed by atoms with Gasteiger partial charge in [-0.15, -0.1) is 0 Å². The normalized spacial score (nSPS) is 12.1. The lowest BCUT2D eigenvalue weighted by atomic mass is 10.0. The SMILES string of the molecule is CCC(O)c1cc(-c2nc(-c3ccc(C)cc3C)nc(-c3ccc(C)cc3C)n2)c(O)cc1O. The molecule has 34 heavy (non-hydrogen) atoms. The number of hydrogen-bond donors (Lipinski definition) is 3. The lowest BCUT2D eigenvalue weighted by molar-refractivity contribution is 0.170. The molecule has 4 aromatic rings. The number of phenols is 2. The Morgan fingerprint density at radius 1 is 0.647 bits per heavy atom. The lowest BCUT2D eigenvalue weighted by Crippen LogP contribution is -2.03. The van der Waals surface area contributed by atoms with E-state index in [0.717, 1.165) is 33.4 Å². The molecule has 6 nitrogen and oxygen atoms in total. The number of aliphatic hydroxyl groups excluding tert-OH is 1. The van der Waals surface area contributed by atoms with Crippen molar-refractivity contribution in [3.05, 3.63) is 76.3 Å². The summed E-state index contributed by atoms with van der Waals surface area (Å²) in [5.41, 5.74) is 6.71. The summed E-state index contributed by atoms with van der Waals surface area (Å²) in [5.74, 6) is 0.898. The van der Waals surface area contributed by atoms with Crippen molar-refractivity contribution in [1.82, 2.24) is 15.0 Å². The van der Waals surface area contributed by atoms with E-state index in [0.29, 0.717) is 29.2 Å². The van der Waals surface area contributed by atoms with Gasteiger partial charge in [0.25, 0.3) is 0 Å². The molecule has 0 spiro atoms. The zero-order valence-electron chi connectivity index (χ0n) is 20.1. The van der Waals surface area contributed by atoms with Gasteiger partial charge in [-0.2, -0.15) is 0 Å². The third-order valence-electron chi connectivity index (χ3n) is 6.01. The summed E-state index contributed by atoms with van der Waals surface area (Å²) in [4.78, 5) is 14.2. The third kappa shape index (κ3) is 4.50. The van der Waals surface area contributed by atoms with E-state index >= 15 is 0 Å².